The molecule has 114 valence electrons. The van der Waals surface area contributed by atoms with E-state index in [9.17, 15) is 20.1 Å². The Bertz CT molecular complexity index is 541. The van der Waals surface area contributed by atoms with Crippen molar-refractivity contribution < 1.29 is 19.2 Å². The molecule has 2 heterocycles. The maximum Gasteiger partial charge on any atom is 0.309 e. The van der Waals surface area contributed by atoms with E-state index >= 15 is 0 Å². The monoisotopic (exact) mass is 295 g/mol. The molecule has 1 fully saturated rings. The third-order valence-corrected chi connectivity index (χ3v) is 3.53. The van der Waals surface area contributed by atoms with E-state index in [1.807, 2.05) is 0 Å². The van der Waals surface area contributed by atoms with Gasteiger partial charge in [0.15, 0.2) is 0 Å². The molecule has 21 heavy (non-hydrogen) atoms. The van der Waals surface area contributed by atoms with E-state index in [4.69, 9.17) is 4.74 Å². The maximum absolute atomic E-state index is 11.8. The summed E-state index contributed by atoms with van der Waals surface area (Å²) in [6.07, 6.45) is 2.27. The van der Waals surface area contributed by atoms with Crippen molar-refractivity contribution in [3.8, 4) is 0 Å². The summed E-state index contributed by atoms with van der Waals surface area (Å²) in [4.78, 5) is 23.7. The largest absolute Gasteiger partial charge is 0.711 e. The summed E-state index contributed by atoms with van der Waals surface area (Å²) in [5.74, 6) is -0.141. The number of nitrogens with zero attached hydrogens (tertiary/aromatic N) is 3. The molecule has 1 aliphatic rings. The van der Waals surface area contributed by atoms with Gasteiger partial charge in [0, 0.05) is 0 Å². The summed E-state index contributed by atoms with van der Waals surface area (Å²) in [5.41, 5.74) is -0.121. The minimum Gasteiger partial charge on any atom is -0.711 e. The van der Waals surface area contributed by atoms with Crippen molar-refractivity contribution in [1.82, 2.24) is 0 Å². The lowest BCUT2D eigenvalue weighted by Crippen LogP contribution is -2.43. The second-order valence-electron chi connectivity index (χ2n) is 4.84. The van der Waals surface area contributed by atoms with Crippen molar-refractivity contribution in [3.63, 3.8) is 0 Å². The molecular weight excluding hydrogens is 278 g/mol. The number of ether oxygens (including phenoxy) is 1. The number of esters is 1. The average molecular weight is 295 g/mol. The molecule has 0 aliphatic carbocycles. The van der Waals surface area contributed by atoms with Gasteiger partial charge >= 0.3 is 5.97 Å². The third kappa shape index (κ3) is 3.39. The molecule has 1 aromatic rings. The van der Waals surface area contributed by atoms with Crippen LogP contribution in [-0.2, 0) is 9.53 Å². The van der Waals surface area contributed by atoms with Crippen LogP contribution in [0, 0.1) is 21.2 Å². The smallest absolute Gasteiger partial charge is 0.309 e. The summed E-state index contributed by atoms with van der Waals surface area (Å²) in [5, 5.41) is 22.5. The molecule has 0 saturated carbocycles. The van der Waals surface area contributed by atoms with Gasteiger partial charge in [0.1, 0.15) is 12.3 Å². The van der Waals surface area contributed by atoms with Crippen LogP contribution in [0.25, 0.3) is 0 Å². The summed E-state index contributed by atoms with van der Waals surface area (Å²) in [6, 6.07) is 2.43. The van der Waals surface area contributed by atoms with Gasteiger partial charge in [-0.05, 0) is 19.8 Å². The maximum atomic E-state index is 11.8. The molecule has 0 N–H and O–H groups in total. The van der Waals surface area contributed by atoms with Crippen LogP contribution in [0.5, 0.6) is 0 Å². The van der Waals surface area contributed by atoms with E-state index in [2.05, 4.69) is 0 Å². The van der Waals surface area contributed by atoms with E-state index in [-0.39, 0.29) is 23.4 Å². The standard InChI is InChI=1S/C13H17N3O5/c1-2-21-13(17)10-3-6-14(7-4-10)12-9-11(16(19)20)5-8-15(12)18/h5,8-10H,2-4,6-7H2,1H3. The molecule has 8 nitrogen and oxygen atoms in total. The van der Waals surface area contributed by atoms with Gasteiger partial charge in [0.25, 0.3) is 11.5 Å². The van der Waals surface area contributed by atoms with E-state index in [1.54, 1.807) is 11.8 Å². The fraction of sp³-hybridized carbons (Fsp3) is 0.538. The first kappa shape index (κ1) is 15.0. The van der Waals surface area contributed by atoms with Crippen molar-refractivity contribution in [3.05, 3.63) is 33.7 Å². The molecule has 0 aromatic carbocycles. The van der Waals surface area contributed by atoms with Gasteiger partial charge in [-0.15, -0.1) is 0 Å². The molecule has 0 radical (unpaired) electrons. The predicted molar refractivity (Wildman–Crippen MR) is 73.6 cm³/mol. The van der Waals surface area contributed by atoms with E-state index in [1.165, 1.54) is 12.1 Å². The van der Waals surface area contributed by atoms with E-state index in [0.717, 1.165) is 6.20 Å². The van der Waals surface area contributed by atoms with Gasteiger partial charge in [-0.1, -0.05) is 0 Å². The van der Waals surface area contributed by atoms with Gasteiger partial charge in [-0.25, -0.2) is 4.73 Å². The molecule has 0 atom stereocenters. The molecule has 1 saturated heterocycles. The van der Waals surface area contributed by atoms with Crippen LogP contribution in [0.3, 0.4) is 0 Å². The number of piperidine rings is 1. The Morgan fingerprint density at radius 1 is 1.52 bits per heavy atom. The molecule has 0 unspecified atom stereocenters. The van der Waals surface area contributed by atoms with Crippen molar-refractivity contribution in [1.29, 1.82) is 0 Å². The number of carbonyl (C=O) groups excluding carboxylic acids is 1. The second kappa shape index (κ2) is 6.38. The number of anilines is 1. The van der Waals surface area contributed by atoms with Crippen LogP contribution < -0.4 is 9.63 Å². The third-order valence-electron chi connectivity index (χ3n) is 3.53. The number of aromatic nitrogens is 1. The van der Waals surface area contributed by atoms with Gasteiger partial charge in [0.05, 0.1) is 36.6 Å². The van der Waals surface area contributed by atoms with Gasteiger partial charge in [0.2, 0.25) is 0 Å². The normalized spacial score (nSPS) is 15.8. The Morgan fingerprint density at radius 3 is 2.76 bits per heavy atom. The molecular formula is C13H17N3O5. The van der Waals surface area contributed by atoms with Gasteiger partial charge in [-0.2, -0.15) is 0 Å². The average Bonchev–Trinajstić information content (AvgIpc) is 2.48. The van der Waals surface area contributed by atoms with Crippen LogP contribution in [0.1, 0.15) is 19.8 Å². The Labute approximate surface area is 121 Å². The molecule has 1 aliphatic heterocycles. The second-order valence-corrected chi connectivity index (χ2v) is 4.84. The Morgan fingerprint density at radius 2 is 2.19 bits per heavy atom. The van der Waals surface area contributed by atoms with Gasteiger partial charge in [-0.3, -0.25) is 19.8 Å². The van der Waals surface area contributed by atoms with Crippen molar-refractivity contribution >= 4 is 17.5 Å². The lowest BCUT2D eigenvalue weighted by molar-refractivity contribution is -0.593. The zero-order valence-corrected chi connectivity index (χ0v) is 11.7. The number of rotatable bonds is 4. The quantitative estimate of drug-likeness (QED) is 0.270. The molecule has 0 spiro atoms. The van der Waals surface area contributed by atoms with Crippen molar-refractivity contribution in [2.24, 2.45) is 5.92 Å². The predicted octanol–water partition coefficient (Wildman–Crippen LogP) is 1.01. The number of nitro groups is 1. The highest BCUT2D eigenvalue weighted by Gasteiger charge is 2.31. The van der Waals surface area contributed by atoms with E-state index in [0.29, 0.717) is 37.3 Å². The van der Waals surface area contributed by atoms with Gasteiger partial charge < -0.3 is 9.94 Å². The molecule has 0 amide bonds. The Kier molecular flexibility index (Phi) is 4.56. The first-order valence-corrected chi connectivity index (χ1v) is 6.82. The molecule has 0 bridgehead atoms. The Hall–Kier alpha value is -2.38. The first-order chi connectivity index (χ1) is 10.0. The van der Waals surface area contributed by atoms with Crippen molar-refractivity contribution in [2.45, 2.75) is 19.8 Å². The fourth-order valence-electron chi connectivity index (χ4n) is 2.41. The molecule has 2 rings (SSSR count). The van der Waals surface area contributed by atoms with Crippen LogP contribution in [0.2, 0.25) is 0 Å². The SMILES string of the molecule is CCOC(=O)C1CCN(c2cc([N+](=O)[O-])cc[n+]2[O-])CC1. The topological polar surface area (TPSA) is 99.6 Å². The summed E-state index contributed by atoms with van der Waals surface area (Å²) in [7, 11) is 0. The lowest BCUT2D eigenvalue weighted by atomic mass is 9.97. The van der Waals surface area contributed by atoms with Crippen LogP contribution in [0.4, 0.5) is 11.5 Å². The highest BCUT2D eigenvalue weighted by atomic mass is 16.6. The lowest BCUT2D eigenvalue weighted by Gasteiger charge is -2.28. The summed E-state index contributed by atoms with van der Waals surface area (Å²) in [6.45, 7) is 3.10. The number of hydrogen-bond acceptors (Lipinski definition) is 6. The van der Waals surface area contributed by atoms with Crippen molar-refractivity contribution in [2.75, 3.05) is 24.6 Å². The van der Waals surface area contributed by atoms with E-state index < -0.39 is 4.92 Å². The number of hydrogen-bond donors (Lipinski definition) is 0. The van der Waals surface area contributed by atoms with Crippen LogP contribution in [0.15, 0.2) is 18.3 Å². The minimum atomic E-state index is -0.533. The fourth-order valence-corrected chi connectivity index (χ4v) is 2.41. The highest BCUT2D eigenvalue weighted by Crippen LogP contribution is 2.24. The molecule has 8 heteroatoms. The highest BCUT2D eigenvalue weighted by molar-refractivity contribution is 5.72. The Balaban J connectivity index is 2.07. The first-order valence-electron chi connectivity index (χ1n) is 6.82. The summed E-state index contributed by atoms with van der Waals surface area (Å²) < 4.78 is 5.59. The zero-order valence-electron chi connectivity index (χ0n) is 11.7. The molecule has 1 aromatic heterocycles. The number of carbonyl (C=O) groups is 1. The number of pyridine rings is 1. The minimum absolute atomic E-state index is 0.121. The van der Waals surface area contributed by atoms with Crippen LogP contribution >= 0.6 is 0 Å². The summed E-state index contributed by atoms with van der Waals surface area (Å²) >= 11 is 0. The zero-order chi connectivity index (χ0) is 15.4. The van der Waals surface area contributed by atoms with Crippen LogP contribution in [-0.4, -0.2) is 30.6 Å².